The van der Waals surface area contributed by atoms with Crippen molar-refractivity contribution in [2.45, 2.75) is 0 Å². The summed E-state index contributed by atoms with van der Waals surface area (Å²) < 4.78 is 6.53. The highest BCUT2D eigenvalue weighted by Crippen LogP contribution is 2.28. The fourth-order valence-electron chi connectivity index (χ4n) is 2.60. The number of rotatable bonds is 4. The number of carbonyl (C=O) groups excluding carboxylic acids is 1. The second kappa shape index (κ2) is 7.05. The molecule has 25 heavy (non-hydrogen) atoms. The molecule has 0 aliphatic carbocycles. The molecule has 126 valence electrons. The van der Waals surface area contributed by atoms with E-state index in [1.54, 1.807) is 7.05 Å². The summed E-state index contributed by atoms with van der Waals surface area (Å²) in [5.74, 6) is -0.0892. The number of hydrogen-bond acceptors (Lipinski definition) is 3. The maximum atomic E-state index is 12.7. The van der Waals surface area contributed by atoms with Crippen LogP contribution in [0.3, 0.4) is 0 Å². The van der Waals surface area contributed by atoms with Crippen LogP contribution < -0.4 is 15.6 Å². The van der Waals surface area contributed by atoms with E-state index >= 15 is 0 Å². The lowest BCUT2D eigenvalue weighted by molar-refractivity contribution is 0.102. The van der Waals surface area contributed by atoms with Gasteiger partial charge >= 0.3 is 0 Å². The molecule has 0 bridgehead atoms. The molecular formula is C20H18N2O3. The maximum Gasteiger partial charge on any atom is 0.260 e. The monoisotopic (exact) mass is 334 g/mol. The van der Waals surface area contributed by atoms with Crippen LogP contribution in [-0.2, 0) is 7.05 Å². The first-order valence-electron chi connectivity index (χ1n) is 7.80. The van der Waals surface area contributed by atoms with Gasteiger partial charge < -0.3 is 14.6 Å². The third-order valence-corrected chi connectivity index (χ3v) is 3.92. The topological polar surface area (TPSA) is 60.3 Å². The van der Waals surface area contributed by atoms with E-state index in [0.29, 0.717) is 11.3 Å². The molecule has 1 heterocycles. The van der Waals surface area contributed by atoms with Gasteiger partial charge in [-0.1, -0.05) is 48.5 Å². The number of anilines is 1. The van der Waals surface area contributed by atoms with E-state index in [-0.39, 0.29) is 17.2 Å². The molecule has 5 heteroatoms. The zero-order valence-electron chi connectivity index (χ0n) is 14.0. The Morgan fingerprint density at radius 2 is 1.72 bits per heavy atom. The number of ether oxygens (including phenoxy) is 1. The van der Waals surface area contributed by atoms with Crippen molar-refractivity contribution in [3.05, 3.63) is 82.8 Å². The number of carbonyl (C=O) groups is 1. The van der Waals surface area contributed by atoms with Crippen molar-refractivity contribution >= 4 is 11.6 Å². The van der Waals surface area contributed by atoms with Crippen molar-refractivity contribution in [2.75, 3.05) is 12.4 Å². The van der Waals surface area contributed by atoms with Crippen molar-refractivity contribution < 1.29 is 9.53 Å². The van der Waals surface area contributed by atoms with Crippen molar-refractivity contribution in [1.82, 2.24) is 4.57 Å². The van der Waals surface area contributed by atoms with E-state index in [1.807, 2.05) is 54.6 Å². The summed E-state index contributed by atoms with van der Waals surface area (Å²) >= 11 is 0. The molecule has 3 rings (SSSR count). The number of para-hydroxylation sites is 1. The minimum Gasteiger partial charge on any atom is -0.496 e. The highest BCUT2D eigenvalue weighted by atomic mass is 16.5. The van der Waals surface area contributed by atoms with Gasteiger partial charge in [0.2, 0.25) is 0 Å². The number of methoxy groups -OCH3 is 1. The van der Waals surface area contributed by atoms with E-state index < -0.39 is 0 Å². The summed E-state index contributed by atoms with van der Waals surface area (Å²) in [5, 5.41) is 2.91. The number of aryl methyl sites for hydroxylation is 1. The predicted octanol–water partition coefficient (Wildman–Crippen LogP) is 3.31. The molecule has 1 amide bonds. The first-order valence-corrected chi connectivity index (χ1v) is 7.80. The smallest absolute Gasteiger partial charge is 0.260 e. The minimum atomic E-state index is -0.337. The van der Waals surface area contributed by atoms with E-state index in [9.17, 15) is 9.59 Å². The Balaban J connectivity index is 1.98. The molecular weight excluding hydrogens is 316 g/mol. The van der Waals surface area contributed by atoms with Crippen LogP contribution in [-0.4, -0.2) is 17.6 Å². The molecule has 3 aromatic rings. The third kappa shape index (κ3) is 3.45. The summed E-state index contributed by atoms with van der Waals surface area (Å²) in [7, 11) is 3.03. The molecule has 1 aromatic heterocycles. The van der Waals surface area contributed by atoms with Crippen molar-refractivity contribution in [2.24, 2.45) is 7.05 Å². The van der Waals surface area contributed by atoms with Crippen LogP contribution in [0, 0.1) is 0 Å². The minimum absolute atomic E-state index is 0.238. The van der Waals surface area contributed by atoms with Crippen molar-refractivity contribution in [3.8, 4) is 16.9 Å². The molecule has 0 spiro atoms. The van der Waals surface area contributed by atoms with Crippen molar-refractivity contribution in [1.29, 1.82) is 0 Å². The van der Waals surface area contributed by atoms with Gasteiger partial charge in [0, 0.05) is 30.6 Å². The lowest BCUT2D eigenvalue weighted by atomic mass is 10.0. The molecule has 0 radical (unpaired) electrons. The summed E-state index contributed by atoms with van der Waals surface area (Å²) in [6.07, 6.45) is 1.47. The van der Waals surface area contributed by atoms with Crippen LogP contribution >= 0.6 is 0 Å². The Morgan fingerprint density at radius 3 is 2.44 bits per heavy atom. The highest BCUT2D eigenvalue weighted by Gasteiger charge is 2.16. The van der Waals surface area contributed by atoms with Crippen molar-refractivity contribution in [3.63, 3.8) is 0 Å². The normalized spacial score (nSPS) is 10.3. The van der Waals surface area contributed by atoms with Gasteiger partial charge in [0.05, 0.1) is 12.7 Å². The van der Waals surface area contributed by atoms with Crippen LogP contribution in [0.15, 0.2) is 71.7 Å². The first-order chi connectivity index (χ1) is 12.1. The first kappa shape index (κ1) is 16.5. The molecule has 5 nitrogen and oxygen atoms in total. The van der Waals surface area contributed by atoms with Gasteiger partial charge in [-0.05, 0) is 11.6 Å². The SMILES string of the molecule is COc1cc(=O)n(C)cc1C(=O)Nc1ccccc1-c1ccccc1. The van der Waals surface area contributed by atoms with Gasteiger partial charge in [0.1, 0.15) is 5.75 Å². The average molecular weight is 334 g/mol. The molecule has 0 aliphatic heterocycles. The Morgan fingerprint density at radius 1 is 1.04 bits per heavy atom. The standard InChI is InChI=1S/C20H18N2O3/c1-22-13-16(18(25-2)12-19(22)23)20(24)21-17-11-7-6-10-15(17)14-8-4-3-5-9-14/h3-13H,1-2H3,(H,21,24). The van der Waals surface area contributed by atoms with Crippen LogP contribution in [0.5, 0.6) is 5.75 Å². The van der Waals surface area contributed by atoms with Crippen LogP contribution in [0.2, 0.25) is 0 Å². The average Bonchev–Trinajstić information content (AvgIpc) is 2.64. The number of amides is 1. The predicted molar refractivity (Wildman–Crippen MR) is 98.1 cm³/mol. The Bertz CT molecular complexity index is 962. The van der Waals surface area contributed by atoms with Gasteiger partial charge in [-0.2, -0.15) is 0 Å². The number of benzene rings is 2. The molecule has 0 atom stereocenters. The van der Waals surface area contributed by atoms with E-state index in [1.165, 1.54) is 23.9 Å². The maximum absolute atomic E-state index is 12.7. The number of aromatic nitrogens is 1. The van der Waals surface area contributed by atoms with Crippen LogP contribution in [0.25, 0.3) is 11.1 Å². The van der Waals surface area contributed by atoms with E-state index in [2.05, 4.69) is 5.32 Å². The number of nitrogens with zero attached hydrogens (tertiary/aromatic N) is 1. The lowest BCUT2D eigenvalue weighted by Crippen LogP contribution is -2.21. The van der Waals surface area contributed by atoms with Crippen LogP contribution in [0.1, 0.15) is 10.4 Å². The Kier molecular flexibility index (Phi) is 4.66. The van der Waals surface area contributed by atoms with Gasteiger partial charge in [-0.3, -0.25) is 9.59 Å². The molecule has 0 aliphatic rings. The molecule has 0 saturated carbocycles. The zero-order valence-corrected chi connectivity index (χ0v) is 14.0. The summed E-state index contributed by atoms with van der Waals surface area (Å²) in [6.45, 7) is 0. The van der Waals surface area contributed by atoms with Crippen LogP contribution in [0.4, 0.5) is 5.69 Å². The fourth-order valence-corrected chi connectivity index (χ4v) is 2.60. The van der Waals surface area contributed by atoms with Gasteiger partial charge in [-0.25, -0.2) is 0 Å². The number of hydrogen-bond donors (Lipinski definition) is 1. The molecule has 1 N–H and O–H groups in total. The summed E-state index contributed by atoms with van der Waals surface area (Å²) in [6, 6.07) is 18.7. The summed E-state index contributed by atoms with van der Waals surface area (Å²) in [4.78, 5) is 24.5. The largest absolute Gasteiger partial charge is 0.496 e. The van der Waals surface area contributed by atoms with Gasteiger partial charge in [0.25, 0.3) is 11.5 Å². The molecule has 0 unspecified atom stereocenters. The molecule has 2 aromatic carbocycles. The molecule has 0 saturated heterocycles. The number of pyridine rings is 1. The molecule has 0 fully saturated rings. The zero-order chi connectivity index (χ0) is 17.8. The highest BCUT2D eigenvalue weighted by molar-refractivity contribution is 6.07. The second-order valence-corrected chi connectivity index (χ2v) is 5.57. The quantitative estimate of drug-likeness (QED) is 0.796. The van der Waals surface area contributed by atoms with Gasteiger partial charge in [-0.15, -0.1) is 0 Å². The summed E-state index contributed by atoms with van der Waals surface area (Å²) in [5.41, 5.74) is 2.67. The van der Waals surface area contributed by atoms with E-state index in [4.69, 9.17) is 4.74 Å². The second-order valence-electron chi connectivity index (χ2n) is 5.57. The van der Waals surface area contributed by atoms with Gasteiger partial charge in [0.15, 0.2) is 0 Å². The lowest BCUT2D eigenvalue weighted by Gasteiger charge is -2.13. The Labute approximate surface area is 145 Å². The fraction of sp³-hybridized carbons (Fsp3) is 0.100. The number of nitrogens with one attached hydrogen (secondary N) is 1. The van der Waals surface area contributed by atoms with E-state index in [0.717, 1.165) is 11.1 Å². The Hall–Kier alpha value is -3.34. The third-order valence-electron chi connectivity index (χ3n) is 3.92.